The van der Waals surface area contributed by atoms with Gasteiger partial charge in [-0.2, -0.15) is 0 Å². The van der Waals surface area contributed by atoms with Crippen molar-refractivity contribution in [1.82, 2.24) is 4.90 Å². The van der Waals surface area contributed by atoms with Crippen molar-refractivity contribution in [2.45, 2.75) is 26.7 Å². The summed E-state index contributed by atoms with van der Waals surface area (Å²) in [5, 5.41) is 8.91. The molecule has 6 nitrogen and oxygen atoms in total. The first-order valence-corrected chi connectivity index (χ1v) is 6.47. The molecule has 0 aliphatic carbocycles. The van der Waals surface area contributed by atoms with E-state index in [1.54, 1.807) is 11.8 Å². The minimum Gasteiger partial charge on any atom is -0.481 e. The highest BCUT2D eigenvalue weighted by atomic mass is 16.5. The zero-order chi connectivity index (χ0) is 14.6. The summed E-state index contributed by atoms with van der Waals surface area (Å²) in [5.74, 6) is -2.76. The number of carbonyl (C=O) groups excluding carboxylic acids is 2. The number of nitrogens with zero attached hydrogens (tertiary/aromatic N) is 1. The van der Waals surface area contributed by atoms with Crippen molar-refractivity contribution >= 4 is 17.8 Å². The number of likely N-dealkylation sites (tertiary alicyclic amines) is 1. The molecular formula is C13H21NO5. The molecule has 1 aliphatic rings. The Morgan fingerprint density at radius 2 is 1.68 bits per heavy atom. The van der Waals surface area contributed by atoms with E-state index < -0.39 is 17.8 Å². The van der Waals surface area contributed by atoms with Crippen LogP contribution in [0, 0.1) is 17.8 Å². The molecule has 1 heterocycles. The fourth-order valence-corrected chi connectivity index (χ4v) is 2.22. The van der Waals surface area contributed by atoms with E-state index in [1.807, 2.05) is 0 Å². The van der Waals surface area contributed by atoms with Gasteiger partial charge in [-0.3, -0.25) is 14.4 Å². The van der Waals surface area contributed by atoms with E-state index in [4.69, 9.17) is 5.11 Å². The molecule has 2 unspecified atom stereocenters. The first kappa shape index (κ1) is 15.5. The monoisotopic (exact) mass is 271 g/mol. The minimum absolute atomic E-state index is 0.152. The SMILES string of the molecule is COC(=O)C1CCN(C(=O)C(C)C(C)C(=O)O)CC1. The molecule has 1 fully saturated rings. The largest absolute Gasteiger partial charge is 0.481 e. The Kier molecular flexibility index (Phi) is 5.32. The predicted octanol–water partition coefficient (Wildman–Crippen LogP) is 0.755. The maximum absolute atomic E-state index is 12.1. The van der Waals surface area contributed by atoms with E-state index in [0.717, 1.165) is 0 Å². The fraction of sp³-hybridized carbons (Fsp3) is 0.769. The lowest BCUT2D eigenvalue weighted by Gasteiger charge is -2.33. The van der Waals surface area contributed by atoms with Gasteiger partial charge < -0.3 is 14.7 Å². The summed E-state index contributed by atoms with van der Waals surface area (Å²) in [6.07, 6.45) is 1.15. The highest BCUT2D eigenvalue weighted by Crippen LogP contribution is 2.22. The fourth-order valence-electron chi connectivity index (χ4n) is 2.22. The second-order valence-electron chi connectivity index (χ2n) is 5.04. The Bertz CT molecular complexity index is 360. The average Bonchev–Trinajstić information content (AvgIpc) is 2.44. The quantitative estimate of drug-likeness (QED) is 0.763. The van der Waals surface area contributed by atoms with E-state index in [-0.39, 0.29) is 17.8 Å². The number of carbonyl (C=O) groups is 3. The zero-order valence-electron chi connectivity index (χ0n) is 11.6. The van der Waals surface area contributed by atoms with Crippen molar-refractivity contribution in [1.29, 1.82) is 0 Å². The van der Waals surface area contributed by atoms with Crippen molar-refractivity contribution in [3.05, 3.63) is 0 Å². The number of aliphatic carboxylic acids is 1. The molecule has 0 saturated carbocycles. The summed E-state index contributed by atoms with van der Waals surface area (Å²) in [7, 11) is 1.36. The summed E-state index contributed by atoms with van der Waals surface area (Å²) in [6, 6.07) is 0. The summed E-state index contributed by atoms with van der Waals surface area (Å²) >= 11 is 0. The standard InChI is InChI=1S/C13H21NO5/c1-8(9(2)12(16)17)11(15)14-6-4-10(5-7-14)13(18)19-3/h8-10H,4-7H2,1-3H3,(H,16,17). The lowest BCUT2D eigenvalue weighted by Crippen LogP contribution is -2.44. The van der Waals surface area contributed by atoms with Crippen molar-refractivity contribution in [3.63, 3.8) is 0 Å². The topological polar surface area (TPSA) is 83.9 Å². The Hall–Kier alpha value is -1.59. The number of carboxylic acids is 1. The van der Waals surface area contributed by atoms with Crippen LogP contribution in [-0.2, 0) is 19.1 Å². The van der Waals surface area contributed by atoms with Crippen LogP contribution in [-0.4, -0.2) is 48.1 Å². The Morgan fingerprint density at radius 1 is 1.16 bits per heavy atom. The number of amides is 1. The molecule has 0 bridgehead atoms. The normalized spacial score (nSPS) is 19.6. The van der Waals surface area contributed by atoms with Gasteiger partial charge in [0.05, 0.1) is 18.9 Å². The van der Waals surface area contributed by atoms with Gasteiger partial charge in [-0.05, 0) is 12.8 Å². The van der Waals surface area contributed by atoms with E-state index in [9.17, 15) is 14.4 Å². The molecule has 6 heteroatoms. The summed E-state index contributed by atoms with van der Waals surface area (Å²) < 4.78 is 4.68. The third-order valence-corrected chi connectivity index (χ3v) is 3.87. The maximum atomic E-state index is 12.1. The molecule has 0 radical (unpaired) electrons. The molecule has 1 rings (SSSR count). The molecular weight excluding hydrogens is 250 g/mol. The van der Waals surface area contributed by atoms with Gasteiger partial charge >= 0.3 is 11.9 Å². The molecule has 2 atom stereocenters. The number of esters is 1. The van der Waals surface area contributed by atoms with Crippen molar-refractivity contribution < 1.29 is 24.2 Å². The molecule has 0 aromatic carbocycles. The van der Waals surface area contributed by atoms with E-state index in [2.05, 4.69) is 4.74 Å². The molecule has 108 valence electrons. The summed E-state index contributed by atoms with van der Waals surface area (Å²) in [4.78, 5) is 36.0. The lowest BCUT2D eigenvalue weighted by molar-refractivity contribution is -0.152. The Labute approximate surface area is 112 Å². The number of methoxy groups -OCH3 is 1. The van der Waals surface area contributed by atoms with Gasteiger partial charge in [0.1, 0.15) is 0 Å². The second kappa shape index (κ2) is 6.54. The van der Waals surface area contributed by atoms with Gasteiger partial charge in [-0.15, -0.1) is 0 Å². The Balaban J connectivity index is 2.53. The number of carboxylic acid groups (broad SMARTS) is 1. The van der Waals surface area contributed by atoms with Gasteiger partial charge in [0.2, 0.25) is 5.91 Å². The summed E-state index contributed by atoms with van der Waals surface area (Å²) in [5.41, 5.74) is 0. The third kappa shape index (κ3) is 3.68. The van der Waals surface area contributed by atoms with Crippen LogP contribution in [0.4, 0.5) is 0 Å². The van der Waals surface area contributed by atoms with Gasteiger partial charge in [0, 0.05) is 19.0 Å². The van der Waals surface area contributed by atoms with Crippen LogP contribution in [0.15, 0.2) is 0 Å². The van der Waals surface area contributed by atoms with Gasteiger partial charge in [0.25, 0.3) is 0 Å². The predicted molar refractivity (Wildman–Crippen MR) is 67.3 cm³/mol. The van der Waals surface area contributed by atoms with Gasteiger partial charge in [0.15, 0.2) is 0 Å². The Morgan fingerprint density at radius 3 is 2.11 bits per heavy atom. The molecule has 1 N–H and O–H groups in total. The molecule has 19 heavy (non-hydrogen) atoms. The third-order valence-electron chi connectivity index (χ3n) is 3.87. The first-order valence-electron chi connectivity index (χ1n) is 6.47. The number of hydrogen-bond acceptors (Lipinski definition) is 4. The highest BCUT2D eigenvalue weighted by molar-refractivity contribution is 5.84. The highest BCUT2D eigenvalue weighted by Gasteiger charge is 2.33. The van der Waals surface area contributed by atoms with Crippen LogP contribution < -0.4 is 0 Å². The van der Waals surface area contributed by atoms with E-state index in [0.29, 0.717) is 25.9 Å². The maximum Gasteiger partial charge on any atom is 0.308 e. The van der Waals surface area contributed by atoms with Crippen LogP contribution in [0.2, 0.25) is 0 Å². The van der Waals surface area contributed by atoms with Crippen LogP contribution in [0.1, 0.15) is 26.7 Å². The van der Waals surface area contributed by atoms with E-state index >= 15 is 0 Å². The molecule has 1 aliphatic heterocycles. The molecule has 0 spiro atoms. The van der Waals surface area contributed by atoms with Gasteiger partial charge in [-0.1, -0.05) is 13.8 Å². The smallest absolute Gasteiger partial charge is 0.308 e. The molecule has 1 amide bonds. The minimum atomic E-state index is -0.967. The number of piperidine rings is 1. The summed E-state index contributed by atoms with van der Waals surface area (Å²) in [6.45, 7) is 4.13. The van der Waals surface area contributed by atoms with Crippen LogP contribution in [0.3, 0.4) is 0 Å². The second-order valence-corrected chi connectivity index (χ2v) is 5.04. The van der Waals surface area contributed by atoms with Gasteiger partial charge in [-0.25, -0.2) is 0 Å². The van der Waals surface area contributed by atoms with Crippen LogP contribution in [0.25, 0.3) is 0 Å². The zero-order valence-corrected chi connectivity index (χ0v) is 11.6. The van der Waals surface area contributed by atoms with Crippen LogP contribution in [0.5, 0.6) is 0 Å². The average molecular weight is 271 g/mol. The van der Waals surface area contributed by atoms with E-state index in [1.165, 1.54) is 14.0 Å². The number of ether oxygens (including phenoxy) is 1. The van der Waals surface area contributed by atoms with Crippen molar-refractivity contribution in [2.75, 3.05) is 20.2 Å². The molecule has 0 aromatic rings. The number of hydrogen-bond donors (Lipinski definition) is 1. The number of rotatable bonds is 4. The molecule has 0 aromatic heterocycles. The first-order chi connectivity index (χ1) is 8.88. The molecule has 1 saturated heterocycles. The van der Waals surface area contributed by atoms with Crippen molar-refractivity contribution in [3.8, 4) is 0 Å². The van der Waals surface area contributed by atoms with Crippen LogP contribution >= 0.6 is 0 Å². The van der Waals surface area contributed by atoms with Crippen molar-refractivity contribution in [2.24, 2.45) is 17.8 Å². The lowest BCUT2D eigenvalue weighted by atomic mass is 9.92.